The Hall–Kier alpha value is -1.81. The van der Waals surface area contributed by atoms with Crippen molar-refractivity contribution in [2.45, 2.75) is 19.0 Å². The molecule has 0 radical (unpaired) electrons. The Morgan fingerprint density at radius 1 is 1.05 bits per heavy atom. The molecular formula is C9H5F8NO2. The van der Waals surface area contributed by atoms with E-state index in [1.54, 1.807) is 0 Å². The van der Waals surface area contributed by atoms with Crippen LogP contribution in [0.5, 0.6) is 11.8 Å². The molecule has 1 heterocycles. The molecule has 3 nitrogen and oxygen atoms in total. The van der Waals surface area contributed by atoms with E-state index in [-0.39, 0.29) is 6.07 Å². The number of methoxy groups -OCH3 is 1. The summed E-state index contributed by atoms with van der Waals surface area (Å²) in [6, 6.07) is -0.197. The minimum atomic E-state index is -5.39. The Morgan fingerprint density at radius 3 is 1.95 bits per heavy atom. The van der Waals surface area contributed by atoms with Crippen molar-refractivity contribution in [2.75, 3.05) is 7.11 Å². The topological polar surface area (TPSA) is 31.4 Å². The van der Waals surface area contributed by atoms with Gasteiger partial charge in [0.15, 0.2) is 0 Å². The van der Waals surface area contributed by atoms with E-state index in [2.05, 4.69) is 14.5 Å². The normalized spacial score (nSPS) is 12.7. The van der Waals surface area contributed by atoms with Crippen LogP contribution >= 0.6 is 0 Å². The van der Waals surface area contributed by atoms with Gasteiger partial charge in [-0.15, -0.1) is 13.2 Å². The van der Waals surface area contributed by atoms with Crippen molar-refractivity contribution in [2.24, 2.45) is 0 Å². The highest BCUT2D eigenvalue weighted by Crippen LogP contribution is 2.41. The second-order valence-electron chi connectivity index (χ2n) is 3.29. The number of aromatic nitrogens is 1. The van der Waals surface area contributed by atoms with Crippen molar-refractivity contribution in [3.8, 4) is 11.8 Å². The minimum Gasteiger partial charge on any atom is -0.480 e. The fourth-order valence-electron chi connectivity index (χ4n) is 1.20. The molecular weight excluding hydrogens is 306 g/mol. The lowest BCUT2D eigenvalue weighted by molar-refractivity contribution is -0.276. The standard InChI is InChI=1S/C9H5F8NO2/c1-19-7-4(8(12,13)14)2-3(5(10)11)6(18-7)20-9(15,16)17/h2,5H,1H3. The van der Waals surface area contributed by atoms with E-state index in [0.29, 0.717) is 7.11 Å². The van der Waals surface area contributed by atoms with Gasteiger partial charge < -0.3 is 9.47 Å². The molecule has 0 N–H and O–H groups in total. The van der Waals surface area contributed by atoms with Crippen molar-refractivity contribution in [3.05, 3.63) is 17.2 Å². The molecule has 0 aliphatic heterocycles. The number of rotatable bonds is 3. The van der Waals surface area contributed by atoms with E-state index >= 15 is 0 Å². The van der Waals surface area contributed by atoms with Gasteiger partial charge in [0.25, 0.3) is 6.43 Å². The van der Waals surface area contributed by atoms with E-state index in [9.17, 15) is 35.1 Å². The maximum atomic E-state index is 12.5. The molecule has 11 heteroatoms. The number of pyridine rings is 1. The number of hydrogen-bond acceptors (Lipinski definition) is 3. The molecule has 0 saturated heterocycles. The summed E-state index contributed by atoms with van der Waals surface area (Å²) >= 11 is 0. The zero-order valence-electron chi connectivity index (χ0n) is 9.44. The molecule has 1 aromatic heterocycles. The van der Waals surface area contributed by atoms with Crippen LogP contribution in [0.1, 0.15) is 17.6 Å². The lowest BCUT2D eigenvalue weighted by atomic mass is 10.2. The summed E-state index contributed by atoms with van der Waals surface area (Å²) < 4.78 is 106. The second kappa shape index (κ2) is 5.29. The molecule has 0 unspecified atom stereocenters. The first kappa shape index (κ1) is 16.2. The smallest absolute Gasteiger partial charge is 0.480 e. The Morgan fingerprint density at radius 2 is 1.60 bits per heavy atom. The summed E-state index contributed by atoms with van der Waals surface area (Å²) in [5.74, 6) is -3.00. The Balaban J connectivity index is 3.46. The first-order valence-corrected chi connectivity index (χ1v) is 4.65. The zero-order valence-corrected chi connectivity index (χ0v) is 9.44. The highest BCUT2D eigenvalue weighted by Gasteiger charge is 2.40. The van der Waals surface area contributed by atoms with Gasteiger partial charge in [-0.2, -0.15) is 18.2 Å². The fraction of sp³-hybridized carbons (Fsp3) is 0.444. The van der Waals surface area contributed by atoms with Crippen molar-refractivity contribution < 1.29 is 44.6 Å². The first-order chi connectivity index (χ1) is 8.95. The second-order valence-corrected chi connectivity index (χ2v) is 3.29. The van der Waals surface area contributed by atoms with E-state index < -0.39 is 41.9 Å². The molecule has 1 rings (SSSR count). The SMILES string of the molecule is COc1nc(OC(F)(F)F)c(C(F)F)cc1C(F)(F)F. The van der Waals surface area contributed by atoms with Crippen LogP contribution in [0.3, 0.4) is 0 Å². The van der Waals surface area contributed by atoms with Crippen molar-refractivity contribution >= 4 is 0 Å². The monoisotopic (exact) mass is 311 g/mol. The van der Waals surface area contributed by atoms with Crippen LogP contribution < -0.4 is 9.47 Å². The highest BCUT2D eigenvalue weighted by molar-refractivity contribution is 5.40. The van der Waals surface area contributed by atoms with Crippen LogP contribution in [0.4, 0.5) is 35.1 Å². The van der Waals surface area contributed by atoms with Crippen molar-refractivity contribution in [1.29, 1.82) is 0 Å². The Bertz CT molecular complexity index is 482. The molecule has 0 spiro atoms. The molecule has 0 bridgehead atoms. The molecule has 0 aliphatic carbocycles. The van der Waals surface area contributed by atoms with E-state index in [4.69, 9.17) is 0 Å². The van der Waals surface area contributed by atoms with Gasteiger partial charge in [-0.1, -0.05) is 0 Å². The van der Waals surface area contributed by atoms with E-state index in [1.165, 1.54) is 0 Å². The summed E-state index contributed by atoms with van der Waals surface area (Å²) in [5.41, 5.74) is -3.37. The molecule has 0 amide bonds. The predicted molar refractivity (Wildman–Crippen MR) is 47.4 cm³/mol. The van der Waals surface area contributed by atoms with Gasteiger partial charge in [-0.05, 0) is 6.07 Å². The number of halogens is 8. The molecule has 0 atom stereocenters. The predicted octanol–water partition coefficient (Wildman–Crippen LogP) is 3.95. The van der Waals surface area contributed by atoms with Gasteiger partial charge in [-0.25, -0.2) is 8.78 Å². The quantitative estimate of drug-likeness (QED) is 0.792. The van der Waals surface area contributed by atoms with Gasteiger partial charge in [0.1, 0.15) is 5.56 Å². The highest BCUT2D eigenvalue weighted by atomic mass is 19.4. The number of ether oxygens (including phenoxy) is 2. The summed E-state index contributed by atoms with van der Waals surface area (Å²) in [5, 5.41) is 0. The molecule has 114 valence electrons. The van der Waals surface area contributed by atoms with Crippen LogP contribution in [-0.4, -0.2) is 18.5 Å². The zero-order chi connectivity index (χ0) is 15.7. The maximum absolute atomic E-state index is 12.5. The Labute approximate surface area is 106 Å². The van der Waals surface area contributed by atoms with Gasteiger partial charge in [0, 0.05) is 0 Å². The number of alkyl halides is 8. The van der Waals surface area contributed by atoms with Crippen LogP contribution in [-0.2, 0) is 6.18 Å². The third-order valence-electron chi connectivity index (χ3n) is 1.93. The van der Waals surface area contributed by atoms with Crippen LogP contribution in [0.2, 0.25) is 0 Å². The van der Waals surface area contributed by atoms with Gasteiger partial charge in [0.2, 0.25) is 11.8 Å². The molecule has 0 aromatic carbocycles. The van der Waals surface area contributed by atoms with Gasteiger partial charge in [-0.3, -0.25) is 0 Å². The van der Waals surface area contributed by atoms with E-state index in [0.717, 1.165) is 0 Å². The number of nitrogens with zero attached hydrogens (tertiary/aromatic N) is 1. The van der Waals surface area contributed by atoms with Crippen molar-refractivity contribution in [3.63, 3.8) is 0 Å². The lowest BCUT2D eigenvalue weighted by Gasteiger charge is -2.16. The van der Waals surface area contributed by atoms with Gasteiger partial charge in [0.05, 0.1) is 12.7 Å². The Kier molecular flexibility index (Phi) is 4.30. The number of hydrogen-bond donors (Lipinski definition) is 0. The summed E-state index contributed by atoms with van der Waals surface area (Å²) in [7, 11) is 0.691. The maximum Gasteiger partial charge on any atom is 0.574 e. The molecule has 0 aliphatic rings. The molecule has 20 heavy (non-hydrogen) atoms. The summed E-state index contributed by atoms with van der Waals surface area (Å²) in [6.07, 6.45) is -14.2. The third-order valence-corrected chi connectivity index (χ3v) is 1.93. The molecule has 0 fully saturated rings. The molecule has 1 aromatic rings. The van der Waals surface area contributed by atoms with Crippen LogP contribution in [0.25, 0.3) is 0 Å². The average molecular weight is 311 g/mol. The largest absolute Gasteiger partial charge is 0.574 e. The average Bonchev–Trinajstić information content (AvgIpc) is 2.24. The van der Waals surface area contributed by atoms with Crippen LogP contribution in [0, 0.1) is 0 Å². The van der Waals surface area contributed by atoms with Gasteiger partial charge >= 0.3 is 12.5 Å². The molecule has 0 saturated carbocycles. The minimum absolute atomic E-state index is 0.197. The lowest BCUT2D eigenvalue weighted by Crippen LogP contribution is -2.20. The summed E-state index contributed by atoms with van der Waals surface area (Å²) in [6.45, 7) is 0. The van der Waals surface area contributed by atoms with E-state index in [1.807, 2.05) is 0 Å². The van der Waals surface area contributed by atoms with Crippen molar-refractivity contribution in [1.82, 2.24) is 4.98 Å². The van der Waals surface area contributed by atoms with Crippen LogP contribution in [0.15, 0.2) is 6.07 Å². The fourth-order valence-corrected chi connectivity index (χ4v) is 1.20. The first-order valence-electron chi connectivity index (χ1n) is 4.65. The summed E-state index contributed by atoms with van der Waals surface area (Å²) in [4.78, 5) is 2.70. The third kappa shape index (κ3) is 3.84.